The second-order valence-electron chi connectivity index (χ2n) is 7.94. The Labute approximate surface area is 166 Å². The van der Waals surface area contributed by atoms with Crippen LogP contribution in [0.15, 0.2) is 33.5 Å². The van der Waals surface area contributed by atoms with Crippen molar-refractivity contribution in [1.82, 2.24) is 0 Å². The van der Waals surface area contributed by atoms with Gasteiger partial charge in [-0.1, -0.05) is 0 Å². The smallest absolute Gasteiger partial charge is 0.336 e. The van der Waals surface area contributed by atoms with Crippen LogP contribution in [-0.2, 0) is 15.9 Å². The third-order valence-corrected chi connectivity index (χ3v) is 5.55. The first-order chi connectivity index (χ1) is 13.7. The molecule has 0 bridgehead atoms. The Morgan fingerprint density at radius 2 is 1.83 bits per heavy atom. The van der Waals surface area contributed by atoms with Crippen LogP contribution in [0.2, 0.25) is 0 Å². The van der Waals surface area contributed by atoms with Crippen molar-refractivity contribution in [1.29, 1.82) is 0 Å². The molecule has 6 atom stereocenters. The quantitative estimate of drug-likeness (QED) is 0.502. The van der Waals surface area contributed by atoms with Crippen molar-refractivity contribution in [2.24, 2.45) is 0 Å². The van der Waals surface area contributed by atoms with Crippen molar-refractivity contribution in [2.45, 2.75) is 62.7 Å². The van der Waals surface area contributed by atoms with Gasteiger partial charge in [0, 0.05) is 23.4 Å². The Bertz CT molecular complexity index is 951. The molecule has 1 fully saturated rings. The lowest BCUT2D eigenvalue weighted by molar-refractivity contribution is -0.329. The topological polar surface area (TPSA) is 139 Å². The fourth-order valence-electron chi connectivity index (χ4n) is 3.78. The van der Waals surface area contributed by atoms with E-state index in [1.54, 1.807) is 32.0 Å². The van der Waals surface area contributed by atoms with Crippen LogP contribution in [-0.4, -0.2) is 69.4 Å². The number of fused-ring (bicyclic) bond motifs is 3. The highest BCUT2D eigenvalue weighted by Gasteiger charge is 2.48. The molecular weight excluding hydrogens is 384 g/mol. The minimum atomic E-state index is -1.53. The van der Waals surface area contributed by atoms with Gasteiger partial charge in [-0.3, -0.25) is 0 Å². The SMILES string of the molecule is CC(C)(OC1OC(CO)C(O)C(O)C1O)C1Cc2c(ccc3ccc(=O)oc23)O1. The second-order valence-corrected chi connectivity index (χ2v) is 7.94. The molecule has 1 aromatic carbocycles. The van der Waals surface area contributed by atoms with E-state index in [0.29, 0.717) is 17.8 Å². The fourth-order valence-corrected chi connectivity index (χ4v) is 3.78. The molecule has 0 spiro atoms. The summed E-state index contributed by atoms with van der Waals surface area (Å²) in [5, 5.41) is 40.2. The molecule has 1 aromatic heterocycles. The number of aliphatic hydroxyl groups is 4. The molecule has 4 rings (SSSR count). The Kier molecular flexibility index (Phi) is 5.14. The fraction of sp³-hybridized carbons (Fsp3) is 0.550. The minimum Gasteiger partial charge on any atom is -0.487 e. The van der Waals surface area contributed by atoms with Gasteiger partial charge in [0.25, 0.3) is 0 Å². The van der Waals surface area contributed by atoms with E-state index in [1.807, 2.05) is 0 Å². The van der Waals surface area contributed by atoms with Crippen LogP contribution in [0.1, 0.15) is 19.4 Å². The molecule has 2 aromatic rings. The molecule has 2 aliphatic rings. The molecule has 9 heteroatoms. The summed E-state index contributed by atoms with van der Waals surface area (Å²) in [6.45, 7) is 2.94. The normalized spacial score (nSPS) is 32.2. The van der Waals surface area contributed by atoms with E-state index in [2.05, 4.69) is 0 Å². The molecule has 1 saturated heterocycles. The number of aliphatic hydroxyl groups excluding tert-OH is 4. The van der Waals surface area contributed by atoms with Gasteiger partial charge in [-0.2, -0.15) is 0 Å². The molecule has 29 heavy (non-hydrogen) atoms. The van der Waals surface area contributed by atoms with Gasteiger partial charge >= 0.3 is 5.63 Å². The summed E-state index contributed by atoms with van der Waals surface area (Å²) >= 11 is 0. The van der Waals surface area contributed by atoms with Crippen LogP contribution in [0.4, 0.5) is 0 Å². The summed E-state index contributed by atoms with van der Waals surface area (Å²) in [5.74, 6) is 0.572. The van der Waals surface area contributed by atoms with Gasteiger partial charge in [0.15, 0.2) is 6.29 Å². The summed E-state index contributed by atoms with van der Waals surface area (Å²) in [4.78, 5) is 11.6. The standard InChI is InChI=1S/C20H24O9/c1-20(2,29-19-17(25)16(24)15(23)12(8-21)27-19)13-7-10-11(26-13)5-3-9-4-6-14(22)28-18(9)10/h3-6,12-13,15-17,19,21,23-25H,7-8H2,1-2H3. The van der Waals surface area contributed by atoms with Gasteiger partial charge in [-0.05, 0) is 32.0 Å². The monoisotopic (exact) mass is 408 g/mol. The van der Waals surface area contributed by atoms with Crippen molar-refractivity contribution in [3.8, 4) is 5.75 Å². The molecule has 0 radical (unpaired) electrons. The summed E-state index contributed by atoms with van der Waals surface area (Å²) < 4.78 is 22.7. The molecule has 3 heterocycles. The summed E-state index contributed by atoms with van der Waals surface area (Å²) in [6.07, 6.45) is -6.93. The van der Waals surface area contributed by atoms with Gasteiger partial charge < -0.3 is 39.1 Å². The van der Waals surface area contributed by atoms with Crippen molar-refractivity contribution >= 4 is 11.0 Å². The zero-order chi connectivity index (χ0) is 20.9. The molecule has 4 N–H and O–H groups in total. The van der Waals surface area contributed by atoms with Gasteiger partial charge in [-0.15, -0.1) is 0 Å². The van der Waals surface area contributed by atoms with Crippen LogP contribution >= 0.6 is 0 Å². The largest absolute Gasteiger partial charge is 0.487 e. The third-order valence-electron chi connectivity index (χ3n) is 5.55. The maximum atomic E-state index is 11.6. The average molecular weight is 408 g/mol. The van der Waals surface area contributed by atoms with Crippen molar-refractivity contribution in [2.75, 3.05) is 6.61 Å². The van der Waals surface area contributed by atoms with E-state index < -0.39 is 54.6 Å². The number of hydrogen-bond acceptors (Lipinski definition) is 9. The Hall–Kier alpha value is -2.01. The molecule has 0 amide bonds. The number of hydrogen-bond donors (Lipinski definition) is 4. The lowest BCUT2D eigenvalue weighted by Crippen LogP contribution is -2.61. The van der Waals surface area contributed by atoms with E-state index >= 15 is 0 Å². The third kappa shape index (κ3) is 3.54. The molecule has 158 valence electrons. The van der Waals surface area contributed by atoms with E-state index in [4.69, 9.17) is 18.6 Å². The van der Waals surface area contributed by atoms with Crippen molar-refractivity contribution in [3.05, 3.63) is 40.2 Å². The van der Waals surface area contributed by atoms with Crippen LogP contribution in [0.25, 0.3) is 11.0 Å². The summed E-state index contributed by atoms with van der Waals surface area (Å²) in [6, 6.07) is 6.63. The minimum absolute atomic E-state index is 0.393. The Morgan fingerprint density at radius 1 is 1.10 bits per heavy atom. The summed E-state index contributed by atoms with van der Waals surface area (Å²) in [5.41, 5.74) is -0.239. The molecule has 0 aliphatic carbocycles. The second kappa shape index (κ2) is 7.35. The van der Waals surface area contributed by atoms with Crippen LogP contribution in [0.3, 0.4) is 0 Å². The van der Waals surface area contributed by atoms with E-state index in [-0.39, 0.29) is 0 Å². The molecular formula is C20H24O9. The van der Waals surface area contributed by atoms with Gasteiger partial charge in [-0.25, -0.2) is 4.79 Å². The Balaban J connectivity index is 1.55. The van der Waals surface area contributed by atoms with E-state index in [0.717, 1.165) is 10.9 Å². The molecule has 2 aliphatic heterocycles. The predicted molar refractivity (Wildman–Crippen MR) is 99.5 cm³/mol. The summed E-state index contributed by atoms with van der Waals surface area (Å²) in [7, 11) is 0. The van der Waals surface area contributed by atoms with Crippen LogP contribution < -0.4 is 10.4 Å². The molecule has 6 unspecified atom stereocenters. The number of benzene rings is 1. The Morgan fingerprint density at radius 3 is 2.55 bits per heavy atom. The average Bonchev–Trinajstić information content (AvgIpc) is 3.14. The first-order valence-electron chi connectivity index (χ1n) is 9.42. The number of rotatable bonds is 4. The van der Waals surface area contributed by atoms with Crippen LogP contribution in [0, 0.1) is 0 Å². The van der Waals surface area contributed by atoms with E-state index in [1.165, 1.54) is 6.07 Å². The highest BCUT2D eigenvalue weighted by molar-refractivity contribution is 5.82. The van der Waals surface area contributed by atoms with Crippen molar-refractivity contribution in [3.63, 3.8) is 0 Å². The van der Waals surface area contributed by atoms with Gasteiger partial charge in [0.2, 0.25) is 0 Å². The number of ether oxygens (including phenoxy) is 3. The first kappa shape index (κ1) is 20.3. The van der Waals surface area contributed by atoms with Gasteiger partial charge in [0.05, 0.1) is 6.61 Å². The maximum absolute atomic E-state index is 11.6. The van der Waals surface area contributed by atoms with Gasteiger partial charge in [0.1, 0.15) is 47.5 Å². The highest BCUT2D eigenvalue weighted by atomic mass is 16.7. The zero-order valence-corrected chi connectivity index (χ0v) is 16.0. The predicted octanol–water partition coefficient (Wildman–Crippen LogP) is -0.308. The highest BCUT2D eigenvalue weighted by Crippen LogP contribution is 2.39. The van der Waals surface area contributed by atoms with Crippen molar-refractivity contribution < 1.29 is 39.1 Å². The van der Waals surface area contributed by atoms with E-state index in [9.17, 15) is 25.2 Å². The first-order valence-corrected chi connectivity index (χ1v) is 9.42. The van der Waals surface area contributed by atoms with Crippen LogP contribution in [0.5, 0.6) is 5.75 Å². The zero-order valence-electron chi connectivity index (χ0n) is 16.0. The lowest BCUT2D eigenvalue weighted by atomic mass is 9.95. The molecule has 9 nitrogen and oxygen atoms in total. The lowest BCUT2D eigenvalue weighted by Gasteiger charge is -2.43. The molecule has 0 saturated carbocycles. The maximum Gasteiger partial charge on any atom is 0.336 e.